The van der Waals surface area contributed by atoms with Crippen LogP contribution in [-0.4, -0.2) is 51.6 Å². The third kappa shape index (κ3) is 8.63. The number of nitrogens with one attached hydrogen (secondary N) is 2. The first-order valence-corrected chi connectivity index (χ1v) is 10.5. The van der Waals surface area contributed by atoms with Crippen molar-refractivity contribution in [3.8, 4) is 0 Å². The van der Waals surface area contributed by atoms with Crippen molar-refractivity contribution in [1.29, 1.82) is 0 Å². The second-order valence-electron chi connectivity index (χ2n) is 5.18. The lowest BCUT2D eigenvalue weighted by Crippen LogP contribution is -2.39. The van der Waals surface area contributed by atoms with Gasteiger partial charge in [-0.15, -0.1) is 35.3 Å². The molecule has 1 rings (SSSR count). The summed E-state index contributed by atoms with van der Waals surface area (Å²) >= 11 is 1.80. The fourth-order valence-corrected chi connectivity index (χ4v) is 3.95. The van der Waals surface area contributed by atoms with Crippen LogP contribution in [0.15, 0.2) is 17.1 Å². The Morgan fingerprint density at radius 3 is 2.42 bits per heavy atom. The molecule has 0 atom stereocenters. The molecule has 0 aliphatic rings. The van der Waals surface area contributed by atoms with Crippen LogP contribution in [0, 0.1) is 0 Å². The lowest BCUT2D eigenvalue weighted by molar-refractivity contribution is 0.424. The van der Waals surface area contributed by atoms with Gasteiger partial charge < -0.3 is 10.6 Å². The molecule has 0 saturated heterocycles. The predicted molar refractivity (Wildman–Crippen MR) is 114 cm³/mol. The van der Waals surface area contributed by atoms with Gasteiger partial charge >= 0.3 is 0 Å². The maximum atomic E-state index is 11.5. The molecule has 6 nitrogen and oxygen atoms in total. The zero-order valence-electron chi connectivity index (χ0n) is 14.8. The summed E-state index contributed by atoms with van der Waals surface area (Å²) in [6, 6.07) is 4.29. The van der Waals surface area contributed by atoms with Crippen LogP contribution in [0.25, 0.3) is 0 Å². The lowest BCUT2D eigenvalue weighted by atomic mass is 10.3. The van der Waals surface area contributed by atoms with E-state index in [0.717, 1.165) is 25.3 Å². The Morgan fingerprint density at radius 1 is 1.25 bits per heavy atom. The number of nitrogens with zero attached hydrogens (tertiary/aromatic N) is 2. The average molecular weight is 488 g/mol. The first kappa shape index (κ1) is 23.6. The van der Waals surface area contributed by atoms with Crippen LogP contribution >= 0.6 is 35.3 Å². The van der Waals surface area contributed by atoms with E-state index in [1.807, 2.05) is 6.92 Å². The molecule has 0 amide bonds. The highest BCUT2D eigenvalue weighted by Gasteiger charge is 2.13. The predicted octanol–water partition coefficient (Wildman–Crippen LogP) is 2.27. The van der Waals surface area contributed by atoms with Gasteiger partial charge in [-0.3, -0.25) is 4.99 Å². The molecule has 0 aliphatic carbocycles. The van der Waals surface area contributed by atoms with E-state index < -0.39 is 10.0 Å². The Kier molecular flexibility index (Phi) is 11.8. The van der Waals surface area contributed by atoms with Crippen LogP contribution < -0.4 is 10.6 Å². The van der Waals surface area contributed by atoms with Gasteiger partial charge in [0.1, 0.15) is 0 Å². The van der Waals surface area contributed by atoms with E-state index in [1.54, 1.807) is 18.4 Å². The molecule has 0 spiro atoms. The second-order valence-corrected chi connectivity index (χ2v) is 8.42. The van der Waals surface area contributed by atoms with E-state index in [2.05, 4.69) is 34.7 Å². The van der Waals surface area contributed by atoms with Gasteiger partial charge in [-0.2, -0.15) is 0 Å². The summed E-state index contributed by atoms with van der Waals surface area (Å²) in [5.41, 5.74) is 0. The zero-order chi connectivity index (χ0) is 17.3. The largest absolute Gasteiger partial charge is 0.356 e. The summed E-state index contributed by atoms with van der Waals surface area (Å²) in [5.74, 6) is 0.735. The quantitative estimate of drug-likeness (QED) is 0.242. The van der Waals surface area contributed by atoms with E-state index in [4.69, 9.17) is 0 Å². The van der Waals surface area contributed by atoms with Crippen molar-refractivity contribution in [3.05, 3.63) is 21.9 Å². The molecular weight excluding hydrogens is 459 g/mol. The van der Waals surface area contributed by atoms with Gasteiger partial charge in [0.2, 0.25) is 10.0 Å². The Bertz CT molecular complexity index is 602. The van der Waals surface area contributed by atoms with Crippen molar-refractivity contribution in [2.24, 2.45) is 4.99 Å². The van der Waals surface area contributed by atoms with Gasteiger partial charge in [0.05, 0.1) is 12.8 Å². The average Bonchev–Trinajstić information content (AvgIpc) is 2.97. The Balaban J connectivity index is 0.00000529. The fourth-order valence-electron chi connectivity index (χ4n) is 2.12. The van der Waals surface area contributed by atoms with Crippen molar-refractivity contribution in [1.82, 2.24) is 14.9 Å². The molecule has 1 aromatic heterocycles. The summed E-state index contributed by atoms with van der Waals surface area (Å²) in [6.07, 6.45) is 3.04. The van der Waals surface area contributed by atoms with Gasteiger partial charge in [0, 0.05) is 36.4 Å². The molecule has 2 N–H and O–H groups in total. The van der Waals surface area contributed by atoms with Gasteiger partial charge in [-0.05, 0) is 25.0 Å². The highest BCUT2D eigenvalue weighted by molar-refractivity contribution is 14.0. The van der Waals surface area contributed by atoms with Gasteiger partial charge in [0.15, 0.2) is 5.96 Å². The van der Waals surface area contributed by atoms with Crippen molar-refractivity contribution in [2.75, 3.05) is 32.9 Å². The third-order valence-electron chi connectivity index (χ3n) is 3.42. The molecule has 9 heteroatoms. The maximum absolute atomic E-state index is 11.5. The van der Waals surface area contributed by atoms with Crippen LogP contribution in [0.4, 0.5) is 0 Å². The molecule has 0 unspecified atom stereocenters. The van der Waals surface area contributed by atoms with Crippen LogP contribution in [0.3, 0.4) is 0 Å². The minimum Gasteiger partial charge on any atom is -0.356 e. The number of aliphatic imine (C=N–C) groups is 1. The minimum atomic E-state index is -3.11. The number of halogens is 1. The van der Waals surface area contributed by atoms with E-state index in [-0.39, 0.29) is 24.0 Å². The highest BCUT2D eigenvalue weighted by Crippen LogP contribution is 2.16. The molecule has 1 heterocycles. The Hall–Kier alpha value is -0.390. The van der Waals surface area contributed by atoms with Crippen LogP contribution in [0.1, 0.15) is 30.0 Å². The lowest BCUT2D eigenvalue weighted by Gasteiger charge is -2.18. The summed E-state index contributed by atoms with van der Waals surface area (Å²) in [6.45, 7) is 6.44. The molecule has 24 heavy (non-hydrogen) atoms. The topological polar surface area (TPSA) is 73.8 Å². The summed E-state index contributed by atoms with van der Waals surface area (Å²) in [7, 11) is -1.37. The van der Waals surface area contributed by atoms with Gasteiger partial charge in [-0.25, -0.2) is 12.7 Å². The minimum absolute atomic E-state index is 0. The molecule has 0 radical (unpaired) electrons. The Labute approximate surface area is 167 Å². The van der Waals surface area contributed by atoms with Crippen LogP contribution in [0.2, 0.25) is 0 Å². The molecule has 0 aromatic carbocycles. The number of rotatable bonds is 9. The summed E-state index contributed by atoms with van der Waals surface area (Å²) in [4.78, 5) is 6.84. The first-order chi connectivity index (χ1) is 10.9. The summed E-state index contributed by atoms with van der Waals surface area (Å²) in [5, 5.41) is 6.49. The number of hydrogen-bond donors (Lipinski definition) is 2. The monoisotopic (exact) mass is 488 g/mol. The van der Waals surface area contributed by atoms with Crippen molar-refractivity contribution < 1.29 is 8.42 Å². The summed E-state index contributed by atoms with van der Waals surface area (Å²) < 4.78 is 24.5. The van der Waals surface area contributed by atoms with Gasteiger partial charge in [0.25, 0.3) is 0 Å². The number of aryl methyl sites for hydroxylation is 1. The maximum Gasteiger partial charge on any atom is 0.211 e. The molecule has 0 bridgehead atoms. The standard InChI is InChI=1S/C15H28N4O2S2.HI/c1-5-13-8-9-14(22-13)12-18-15(16-3)17-10-7-11-19(6-2)23(4,20)21;/h8-9H,5-7,10-12H2,1-4H3,(H2,16,17,18);1H. The molecular formula is C15H29IN4O2S2. The number of sulfonamides is 1. The third-order valence-corrected chi connectivity index (χ3v) is 6.03. The molecule has 0 saturated carbocycles. The SMILES string of the molecule is CCc1ccc(CNC(=NC)NCCCN(CC)S(C)(=O)=O)s1.I. The van der Waals surface area contributed by atoms with E-state index in [9.17, 15) is 8.42 Å². The van der Waals surface area contributed by atoms with Gasteiger partial charge in [-0.1, -0.05) is 13.8 Å². The molecule has 140 valence electrons. The number of hydrogen-bond acceptors (Lipinski definition) is 4. The van der Waals surface area contributed by atoms with E-state index >= 15 is 0 Å². The first-order valence-electron chi connectivity index (χ1n) is 7.87. The van der Waals surface area contributed by atoms with Crippen LogP contribution in [0.5, 0.6) is 0 Å². The Morgan fingerprint density at radius 2 is 1.92 bits per heavy atom. The fraction of sp³-hybridized carbons (Fsp3) is 0.667. The molecule has 0 fully saturated rings. The van der Waals surface area contributed by atoms with Crippen molar-refractivity contribution >= 4 is 51.3 Å². The van der Waals surface area contributed by atoms with Crippen LogP contribution in [-0.2, 0) is 23.0 Å². The van der Waals surface area contributed by atoms with E-state index in [0.29, 0.717) is 19.6 Å². The molecule has 0 aliphatic heterocycles. The number of guanidine groups is 1. The zero-order valence-corrected chi connectivity index (χ0v) is 18.8. The molecule has 1 aromatic rings. The second kappa shape index (κ2) is 12.0. The van der Waals surface area contributed by atoms with Crippen molar-refractivity contribution in [2.45, 2.75) is 33.2 Å². The highest BCUT2D eigenvalue weighted by atomic mass is 127. The smallest absolute Gasteiger partial charge is 0.211 e. The normalized spacial score (nSPS) is 12.1. The van der Waals surface area contributed by atoms with Crippen molar-refractivity contribution in [3.63, 3.8) is 0 Å². The number of thiophene rings is 1. The van der Waals surface area contributed by atoms with E-state index in [1.165, 1.54) is 20.3 Å².